The highest BCUT2D eigenvalue weighted by Gasteiger charge is 2.31. The van der Waals surface area contributed by atoms with Crippen LogP contribution in [-0.4, -0.2) is 27.1 Å². The van der Waals surface area contributed by atoms with Crippen molar-refractivity contribution in [2.24, 2.45) is 0 Å². The molecule has 4 rings (SSSR count). The van der Waals surface area contributed by atoms with Crippen molar-refractivity contribution < 1.29 is 27.4 Å². The summed E-state index contributed by atoms with van der Waals surface area (Å²) >= 11 is 0. The van der Waals surface area contributed by atoms with Gasteiger partial charge in [0.05, 0.1) is 12.1 Å². The lowest BCUT2D eigenvalue weighted by molar-refractivity contribution is -0.137. The van der Waals surface area contributed by atoms with E-state index in [9.17, 15) is 18.0 Å². The summed E-state index contributed by atoms with van der Waals surface area (Å²) in [7, 11) is 0. The zero-order valence-corrected chi connectivity index (χ0v) is 17.5. The Hall–Kier alpha value is -4.08. The summed E-state index contributed by atoms with van der Waals surface area (Å²) in [5.74, 6) is 1.49. The number of halogens is 3. The molecule has 0 aliphatic rings. The molecule has 0 saturated carbocycles. The van der Waals surface area contributed by atoms with Crippen LogP contribution in [0.3, 0.4) is 0 Å². The SMILES string of the molecule is Cc1ccc(Oc2ccc(OCC(=O)NCc3nnc4ccc(C(F)(F)F)cn34)cc2)cc1. The van der Waals surface area contributed by atoms with E-state index < -0.39 is 17.6 Å². The van der Waals surface area contributed by atoms with Gasteiger partial charge in [0.2, 0.25) is 0 Å². The molecule has 0 aliphatic heterocycles. The Morgan fingerprint density at radius 2 is 1.58 bits per heavy atom. The topological polar surface area (TPSA) is 77.8 Å². The van der Waals surface area contributed by atoms with Crippen molar-refractivity contribution in [1.29, 1.82) is 0 Å². The minimum atomic E-state index is -4.49. The monoisotopic (exact) mass is 456 g/mol. The number of carbonyl (C=O) groups is 1. The number of pyridine rings is 1. The summed E-state index contributed by atoms with van der Waals surface area (Å²) in [5.41, 5.74) is 0.546. The second-order valence-corrected chi connectivity index (χ2v) is 7.21. The van der Waals surface area contributed by atoms with Crippen molar-refractivity contribution in [3.8, 4) is 17.2 Å². The molecule has 0 spiro atoms. The van der Waals surface area contributed by atoms with Crippen LogP contribution in [0.15, 0.2) is 66.9 Å². The zero-order valence-electron chi connectivity index (χ0n) is 17.5. The van der Waals surface area contributed by atoms with Gasteiger partial charge < -0.3 is 14.8 Å². The van der Waals surface area contributed by atoms with Gasteiger partial charge in [0.25, 0.3) is 5.91 Å². The summed E-state index contributed by atoms with van der Waals surface area (Å²) in [6.07, 6.45) is -3.60. The Labute approximate surface area is 186 Å². The fraction of sp³-hybridized carbons (Fsp3) is 0.174. The number of nitrogens with one attached hydrogen (secondary N) is 1. The van der Waals surface area contributed by atoms with Crippen molar-refractivity contribution in [3.05, 3.63) is 83.8 Å². The summed E-state index contributed by atoms with van der Waals surface area (Å²) in [6.45, 7) is 1.61. The first-order chi connectivity index (χ1) is 15.8. The standard InChI is InChI=1S/C23H19F3N4O3/c1-15-2-5-18(6-3-15)33-19-9-7-17(8-10-19)32-14-22(31)27-12-21-29-28-20-11-4-16(13-30(20)21)23(24,25)26/h2-11,13H,12,14H2,1H3,(H,27,31). The minimum absolute atomic E-state index is 0.103. The molecule has 2 aromatic carbocycles. The van der Waals surface area contributed by atoms with Crippen LogP contribution in [0.1, 0.15) is 17.0 Å². The number of rotatable bonds is 7. The predicted octanol–water partition coefficient (Wildman–Crippen LogP) is 4.54. The third-order valence-corrected chi connectivity index (χ3v) is 4.69. The Morgan fingerprint density at radius 3 is 2.24 bits per heavy atom. The van der Waals surface area contributed by atoms with E-state index in [1.165, 1.54) is 10.5 Å². The van der Waals surface area contributed by atoms with Crippen molar-refractivity contribution in [2.45, 2.75) is 19.6 Å². The molecule has 0 saturated heterocycles. The molecular weight excluding hydrogens is 437 g/mol. The maximum Gasteiger partial charge on any atom is 0.417 e. The lowest BCUT2D eigenvalue weighted by Crippen LogP contribution is -2.29. The molecule has 0 aliphatic carbocycles. The maximum absolute atomic E-state index is 12.9. The molecule has 0 radical (unpaired) electrons. The van der Waals surface area contributed by atoms with Crippen LogP contribution in [0.2, 0.25) is 0 Å². The van der Waals surface area contributed by atoms with Gasteiger partial charge in [0.1, 0.15) is 17.2 Å². The fourth-order valence-electron chi connectivity index (χ4n) is 2.95. The molecule has 1 N–H and O–H groups in total. The molecule has 33 heavy (non-hydrogen) atoms. The van der Waals surface area contributed by atoms with Gasteiger partial charge in [-0.25, -0.2) is 0 Å². The number of fused-ring (bicyclic) bond motifs is 1. The number of hydrogen-bond acceptors (Lipinski definition) is 5. The van der Waals surface area contributed by atoms with Gasteiger partial charge in [-0.05, 0) is 55.5 Å². The van der Waals surface area contributed by atoms with E-state index in [0.717, 1.165) is 17.8 Å². The molecule has 0 unspecified atom stereocenters. The van der Waals surface area contributed by atoms with Gasteiger partial charge in [-0.2, -0.15) is 13.2 Å². The first-order valence-corrected chi connectivity index (χ1v) is 9.93. The minimum Gasteiger partial charge on any atom is -0.484 e. The third-order valence-electron chi connectivity index (χ3n) is 4.69. The molecule has 0 bridgehead atoms. The van der Waals surface area contributed by atoms with Crippen LogP contribution in [0, 0.1) is 6.92 Å². The fourth-order valence-corrected chi connectivity index (χ4v) is 2.95. The number of nitrogens with zero attached hydrogens (tertiary/aromatic N) is 3. The Bertz CT molecular complexity index is 1250. The molecule has 0 fully saturated rings. The average Bonchev–Trinajstić information content (AvgIpc) is 3.20. The molecule has 10 heteroatoms. The Balaban J connectivity index is 1.29. The zero-order chi connectivity index (χ0) is 23.4. The summed E-state index contributed by atoms with van der Waals surface area (Å²) in [4.78, 5) is 12.1. The molecule has 2 aromatic heterocycles. The lowest BCUT2D eigenvalue weighted by atomic mass is 10.2. The molecule has 170 valence electrons. The number of aromatic nitrogens is 3. The highest BCUT2D eigenvalue weighted by atomic mass is 19.4. The molecule has 0 atom stereocenters. The molecule has 4 aromatic rings. The van der Waals surface area contributed by atoms with E-state index in [-0.39, 0.29) is 24.6 Å². The lowest BCUT2D eigenvalue weighted by Gasteiger charge is -2.09. The number of aryl methyl sites for hydroxylation is 1. The molecule has 1 amide bonds. The van der Waals surface area contributed by atoms with Gasteiger partial charge in [-0.15, -0.1) is 10.2 Å². The van der Waals surface area contributed by atoms with Crippen LogP contribution in [0.25, 0.3) is 5.65 Å². The van der Waals surface area contributed by atoms with Crippen molar-refractivity contribution in [3.63, 3.8) is 0 Å². The highest BCUT2D eigenvalue weighted by molar-refractivity contribution is 5.77. The van der Waals surface area contributed by atoms with E-state index in [0.29, 0.717) is 17.2 Å². The van der Waals surface area contributed by atoms with Gasteiger partial charge in [0.15, 0.2) is 18.1 Å². The summed E-state index contributed by atoms with van der Waals surface area (Å²) < 4.78 is 51.2. The summed E-state index contributed by atoms with van der Waals surface area (Å²) in [6, 6.07) is 16.5. The number of ether oxygens (including phenoxy) is 2. The number of alkyl halides is 3. The quantitative estimate of drug-likeness (QED) is 0.442. The van der Waals surface area contributed by atoms with Crippen molar-refractivity contribution in [1.82, 2.24) is 19.9 Å². The summed E-state index contributed by atoms with van der Waals surface area (Å²) in [5, 5.41) is 10.2. The number of carbonyl (C=O) groups excluding carboxylic acids is 1. The number of benzene rings is 2. The molecule has 7 nitrogen and oxygen atoms in total. The second kappa shape index (κ2) is 9.19. The Kier molecular flexibility index (Phi) is 6.16. The van der Waals surface area contributed by atoms with Gasteiger partial charge in [0, 0.05) is 6.20 Å². The average molecular weight is 456 g/mol. The van der Waals surface area contributed by atoms with E-state index >= 15 is 0 Å². The smallest absolute Gasteiger partial charge is 0.417 e. The van der Waals surface area contributed by atoms with E-state index in [2.05, 4.69) is 15.5 Å². The predicted molar refractivity (Wildman–Crippen MR) is 113 cm³/mol. The van der Waals surface area contributed by atoms with Crippen LogP contribution in [-0.2, 0) is 17.5 Å². The number of hydrogen-bond donors (Lipinski definition) is 1. The maximum atomic E-state index is 12.9. The highest BCUT2D eigenvalue weighted by Crippen LogP contribution is 2.29. The van der Waals surface area contributed by atoms with E-state index in [1.54, 1.807) is 24.3 Å². The van der Waals surface area contributed by atoms with Gasteiger partial charge in [-0.3, -0.25) is 9.20 Å². The Morgan fingerprint density at radius 1 is 0.939 bits per heavy atom. The molecule has 2 heterocycles. The van der Waals surface area contributed by atoms with Crippen LogP contribution in [0.4, 0.5) is 13.2 Å². The van der Waals surface area contributed by atoms with E-state index in [1.807, 2.05) is 31.2 Å². The first-order valence-electron chi connectivity index (χ1n) is 9.93. The van der Waals surface area contributed by atoms with Crippen LogP contribution < -0.4 is 14.8 Å². The second-order valence-electron chi connectivity index (χ2n) is 7.21. The van der Waals surface area contributed by atoms with Crippen LogP contribution >= 0.6 is 0 Å². The largest absolute Gasteiger partial charge is 0.484 e. The first kappa shape index (κ1) is 22.1. The third kappa shape index (κ3) is 5.59. The number of amides is 1. The van der Waals surface area contributed by atoms with Crippen molar-refractivity contribution >= 4 is 11.6 Å². The molecular formula is C23H19F3N4O3. The van der Waals surface area contributed by atoms with Crippen LogP contribution in [0.5, 0.6) is 17.2 Å². The van der Waals surface area contributed by atoms with Crippen molar-refractivity contribution in [2.75, 3.05) is 6.61 Å². The normalized spacial score (nSPS) is 11.4. The van der Waals surface area contributed by atoms with Gasteiger partial charge in [-0.1, -0.05) is 17.7 Å². The van der Waals surface area contributed by atoms with Gasteiger partial charge >= 0.3 is 6.18 Å². The van der Waals surface area contributed by atoms with E-state index in [4.69, 9.17) is 9.47 Å².